The summed E-state index contributed by atoms with van der Waals surface area (Å²) in [6.07, 6.45) is 0.834. The van der Waals surface area contributed by atoms with Gasteiger partial charge in [-0.1, -0.05) is 0 Å². The number of esters is 1. The summed E-state index contributed by atoms with van der Waals surface area (Å²) in [4.78, 5) is 32.2. The lowest BCUT2D eigenvalue weighted by molar-refractivity contribution is -0.144. The van der Waals surface area contributed by atoms with Crippen LogP contribution in [0.3, 0.4) is 0 Å². The van der Waals surface area contributed by atoms with Crippen molar-refractivity contribution < 1.29 is 19.1 Å². The second-order valence-corrected chi connectivity index (χ2v) is 6.23. The van der Waals surface area contributed by atoms with E-state index in [9.17, 15) is 9.59 Å². The Bertz CT molecular complexity index is 535. The molecule has 1 saturated heterocycles. The molecule has 0 aromatic carbocycles. The van der Waals surface area contributed by atoms with Gasteiger partial charge in [0.25, 0.3) is 5.91 Å². The number of amides is 1. The standard InChI is InChI=1S/C15H23N3O4S/c1-3-22-14(19)9-17-5-4-6-18(8-7-17)15(20)12-11-23-13(16-12)10-21-2/h11H,3-10H2,1-2H3. The largest absolute Gasteiger partial charge is 0.465 e. The van der Waals surface area contributed by atoms with Crippen LogP contribution in [0.2, 0.25) is 0 Å². The number of thiazole rings is 1. The molecule has 1 aliphatic rings. The molecule has 1 amide bonds. The minimum Gasteiger partial charge on any atom is -0.465 e. The highest BCUT2D eigenvalue weighted by Gasteiger charge is 2.23. The molecule has 2 rings (SSSR count). The predicted molar refractivity (Wildman–Crippen MR) is 86.4 cm³/mol. The molecule has 1 aromatic rings. The van der Waals surface area contributed by atoms with Crippen molar-refractivity contribution in [3.63, 3.8) is 0 Å². The maximum atomic E-state index is 12.5. The van der Waals surface area contributed by atoms with Gasteiger partial charge in [-0.25, -0.2) is 4.98 Å². The van der Waals surface area contributed by atoms with Gasteiger partial charge in [-0.15, -0.1) is 11.3 Å². The van der Waals surface area contributed by atoms with Crippen LogP contribution >= 0.6 is 11.3 Å². The summed E-state index contributed by atoms with van der Waals surface area (Å²) < 4.78 is 10.0. The molecule has 0 spiro atoms. The minimum absolute atomic E-state index is 0.0541. The van der Waals surface area contributed by atoms with Gasteiger partial charge in [0.2, 0.25) is 0 Å². The Hall–Kier alpha value is -1.51. The summed E-state index contributed by atoms with van der Waals surface area (Å²) in [6, 6.07) is 0. The SMILES string of the molecule is CCOC(=O)CN1CCCN(C(=O)c2csc(COC)n2)CC1. The highest BCUT2D eigenvalue weighted by atomic mass is 32.1. The fraction of sp³-hybridized carbons (Fsp3) is 0.667. The van der Waals surface area contributed by atoms with Crippen LogP contribution in [0.4, 0.5) is 0 Å². The van der Waals surface area contributed by atoms with Crippen molar-refractivity contribution in [2.24, 2.45) is 0 Å². The second-order valence-electron chi connectivity index (χ2n) is 5.29. The predicted octanol–water partition coefficient (Wildman–Crippen LogP) is 1.00. The molecular weight excluding hydrogens is 318 g/mol. The molecule has 1 fully saturated rings. The van der Waals surface area contributed by atoms with Gasteiger partial charge in [0.15, 0.2) is 0 Å². The summed E-state index contributed by atoms with van der Waals surface area (Å²) >= 11 is 1.43. The summed E-state index contributed by atoms with van der Waals surface area (Å²) in [5.41, 5.74) is 0.473. The van der Waals surface area contributed by atoms with E-state index in [0.29, 0.717) is 38.5 Å². The van der Waals surface area contributed by atoms with Crippen molar-refractivity contribution in [1.29, 1.82) is 0 Å². The molecule has 0 bridgehead atoms. The highest BCUT2D eigenvalue weighted by Crippen LogP contribution is 2.14. The molecule has 0 saturated carbocycles. The quantitative estimate of drug-likeness (QED) is 0.719. The average molecular weight is 341 g/mol. The van der Waals surface area contributed by atoms with Crippen LogP contribution in [0.5, 0.6) is 0 Å². The van der Waals surface area contributed by atoms with Gasteiger partial charge < -0.3 is 14.4 Å². The Morgan fingerprint density at radius 3 is 2.87 bits per heavy atom. The van der Waals surface area contributed by atoms with Crippen molar-refractivity contribution in [3.05, 3.63) is 16.1 Å². The first kappa shape index (κ1) is 17.8. The maximum Gasteiger partial charge on any atom is 0.320 e. The van der Waals surface area contributed by atoms with Crippen LogP contribution in [0.25, 0.3) is 0 Å². The van der Waals surface area contributed by atoms with Gasteiger partial charge in [0.1, 0.15) is 10.7 Å². The van der Waals surface area contributed by atoms with Crippen LogP contribution in [-0.2, 0) is 20.9 Å². The van der Waals surface area contributed by atoms with E-state index in [0.717, 1.165) is 18.0 Å². The van der Waals surface area contributed by atoms with E-state index in [2.05, 4.69) is 4.98 Å². The van der Waals surface area contributed by atoms with E-state index in [-0.39, 0.29) is 18.4 Å². The second kappa shape index (κ2) is 8.95. The monoisotopic (exact) mass is 341 g/mol. The third-order valence-electron chi connectivity index (χ3n) is 3.57. The molecule has 8 heteroatoms. The van der Waals surface area contributed by atoms with Crippen molar-refractivity contribution in [2.45, 2.75) is 20.0 Å². The molecule has 0 aliphatic carbocycles. The van der Waals surface area contributed by atoms with E-state index in [1.807, 2.05) is 4.90 Å². The molecule has 0 radical (unpaired) electrons. The lowest BCUT2D eigenvalue weighted by Gasteiger charge is -2.20. The third-order valence-corrected chi connectivity index (χ3v) is 4.39. The smallest absolute Gasteiger partial charge is 0.320 e. The molecule has 1 aromatic heterocycles. The average Bonchev–Trinajstić information content (AvgIpc) is 2.86. The summed E-state index contributed by atoms with van der Waals surface area (Å²) in [5, 5.41) is 2.58. The zero-order valence-electron chi connectivity index (χ0n) is 13.6. The van der Waals surface area contributed by atoms with Crippen molar-refractivity contribution in [1.82, 2.24) is 14.8 Å². The van der Waals surface area contributed by atoms with Gasteiger partial charge in [-0.3, -0.25) is 14.5 Å². The van der Waals surface area contributed by atoms with Crippen LogP contribution in [0, 0.1) is 0 Å². The Kier molecular flexibility index (Phi) is 6.94. The molecule has 1 aliphatic heterocycles. The normalized spacial score (nSPS) is 16.2. The number of hydrogen-bond acceptors (Lipinski definition) is 7. The lowest BCUT2D eigenvalue weighted by atomic mass is 10.3. The molecule has 0 N–H and O–H groups in total. The fourth-order valence-corrected chi connectivity index (χ4v) is 3.22. The van der Waals surface area contributed by atoms with E-state index in [1.165, 1.54) is 11.3 Å². The van der Waals surface area contributed by atoms with Crippen LogP contribution in [-0.4, -0.2) is 73.1 Å². The molecule has 23 heavy (non-hydrogen) atoms. The van der Waals surface area contributed by atoms with Gasteiger partial charge in [0, 0.05) is 38.7 Å². The van der Waals surface area contributed by atoms with Gasteiger partial charge in [-0.2, -0.15) is 0 Å². The van der Waals surface area contributed by atoms with Crippen molar-refractivity contribution >= 4 is 23.2 Å². The number of carbonyl (C=O) groups excluding carboxylic acids is 2. The fourth-order valence-electron chi connectivity index (χ4n) is 2.48. The van der Waals surface area contributed by atoms with Crippen molar-refractivity contribution in [2.75, 3.05) is 46.4 Å². The molecule has 7 nitrogen and oxygen atoms in total. The number of hydrogen-bond donors (Lipinski definition) is 0. The van der Waals surface area contributed by atoms with Gasteiger partial charge >= 0.3 is 5.97 Å². The highest BCUT2D eigenvalue weighted by molar-refractivity contribution is 7.09. The first-order chi connectivity index (χ1) is 11.1. The number of carbonyl (C=O) groups is 2. The first-order valence-electron chi connectivity index (χ1n) is 7.74. The Morgan fingerprint density at radius 2 is 2.13 bits per heavy atom. The Labute approximate surface area is 140 Å². The molecule has 0 unspecified atom stereocenters. The number of aromatic nitrogens is 1. The number of ether oxygens (including phenoxy) is 2. The summed E-state index contributed by atoms with van der Waals surface area (Å²) in [5.74, 6) is -0.266. The number of nitrogens with zero attached hydrogens (tertiary/aromatic N) is 3. The van der Waals surface area contributed by atoms with Gasteiger partial charge in [0.05, 0.1) is 19.8 Å². The molecular formula is C15H23N3O4S. The lowest BCUT2D eigenvalue weighted by Crippen LogP contribution is -2.37. The first-order valence-corrected chi connectivity index (χ1v) is 8.62. The Balaban J connectivity index is 1.88. The zero-order valence-corrected chi connectivity index (χ0v) is 14.4. The Morgan fingerprint density at radius 1 is 1.30 bits per heavy atom. The van der Waals surface area contributed by atoms with Crippen molar-refractivity contribution in [3.8, 4) is 0 Å². The number of rotatable bonds is 6. The van der Waals surface area contributed by atoms with Crippen LogP contribution in [0.15, 0.2) is 5.38 Å². The molecule has 128 valence electrons. The maximum absolute atomic E-state index is 12.5. The number of methoxy groups -OCH3 is 1. The van der Waals surface area contributed by atoms with E-state index in [1.54, 1.807) is 24.3 Å². The topological polar surface area (TPSA) is 72.0 Å². The van der Waals surface area contributed by atoms with Gasteiger partial charge in [-0.05, 0) is 13.3 Å². The minimum atomic E-state index is -0.212. The van der Waals surface area contributed by atoms with Crippen LogP contribution < -0.4 is 0 Å². The van der Waals surface area contributed by atoms with Crippen LogP contribution in [0.1, 0.15) is 28.8 Å². The van der Waals surface area contributed by atoms with E-state index in [4.69, 9.17) is 9.47 Å². The zero-order chi connectivity index (χ0) is 16.7. The molecule has 0 atom stereocenters. The summed E-state index contributed by atoms with van der Waals surface area (Å²) in [7, 11) is 1.61. The summed E-state index contributed by atoms with van der Waals surface area (Å²) in [6.45, 7) is 5.62. The van der Waals surface area contributed by atoms with E-state index >= 15 is 0 Å². The molecule has 2 heterocycles. The third kappa shape index (κ3) is 5.26. The van der Waals surface area contributed by atoms with E-state index < -0.39 is 0 Å².